The molecule has 0 fully saturated rings. The number of hydrogen-bond donors (Lipinski definition) is 3. The number of aliphatic hydroxyl groups excluding tert-OH is 1. The van der Waals surface area contributed by atoms with Crippen molar-refractivity contribution in [3.05, 3.63) is 201 Å². The monoisotopic (exact) mass is 900 g/mol. The number of fused-ring (bicyclic) bond motifs is 2. The van der Waals surface area contributed by atoms with Gasteiger partial charge in [-0.05, 0) is 71.6 Å². The summed E-state index contributed by atoms with van der Waals surface area (Å²) < 4.78 is 50.7. The van der Waals surface area contributed by atoms with Gasteiger partial charge in [-0.2, -0.15) is 13.2 Å². The average Bonchev–Trinajstić information content (AvgIpc) is 3.28. The van der Waals surface area contributed by atoms with Crippen molar-refractivity contribution < 1.29 is 47.6 Å². The fourth-order valence-electron chi connectivity index (χ4n) is 7.95. The van der Waals surface area contributed by atoms with E-state index in [1.807, 2.05) is 72.8 Å². The standard InChI is InChI=1S/C24H19ClF3NO3.C23H20ClNO3.C2H6O/c1-32-21-22(30)29(14-15-13-17(24(26,27)28)11-12-19(15)25)20-10-6-5-9-18(20)23(21,31)16-7-3-2-4-8-16;1-28-21-22(26)25(15-16-8-7-11-18(24)14-16)20-13-6-5-12-19(20)23(21,27)17-9-3-2-4-10-17;1-2-3/h2-13,21,31H,14H2,1H3;2-14,21,27H,15H2,1H3;3H,2H2,1H3. The SMILES string of the molecule is CCO.COC1C(=O)N(Cc2cc(C(F)(F)F)ccc2Cl)c2ccccc2C1(O)c1ccccc1.COC1C(=O)N(Cc2cccc(Cl)c2)c2ccccc2C1(O)c1ccccc1. The fraction of sp³-hybridized carbons (Fsp3) is 0.224. The number of benzene rings is 6. The molecule has 2 aliphatic rings. The Hall–Kier alpha value is -5.57. The van der Waals surface area contributed by atoms with Crippen LogP contribution in [0.25, 0.3) is 0 Å². The topological polar surface area (TPSA) is 120 Å². The lowest BCUT2D eigenvalue weighted by atomic mass is 9.77. The van der Waals surface area contributed by atoms with E-state index < -0.39 is 41.1 Å². The number of aliphatic hydroxyl groups is 3. The van der Waals surface area contributed by atoms with Crippen LogP contribution in [0, 0.1) is 0 Å². The molecule has 328 valence electrons. The Bertz CT molecular complexity index is 2530. The molecule has 0 aliphatic carbocycles. The minimum Gasteiger partial charge on any atom is -0.397 e. The van der Waals surface area contributed by atoms with E-state index in [1.165, 1.54) is 19.1 Å². The third kappa shape index (κ3) is 9.39. The second-order valence-corrected chi connectivity index (χ2v) is 15.5. The summed E-state index contributed by atoms with van der Waals surface area (Å²) >= 11 is 12.3. The second-order valence-electron chi connectivity index (χ2n) is 14.6. The van der Waals surface area contributed by atoms with Crippen LogP contribution in [0.5, 0.6) is 0 Å². The molecule has 0 saturated carbocycles. The molecule has 9 nitrogen and oxygen atoms in total. The summed E-state index contributed by atoms with van der Waals surface area (Å²) in [6.45, 7) is 2.05. The van der Waals surface area contributed by atoms with E-state index in [-0.39, 0.29) is 29.6 Å². The molecule has 14 heteroatoms. The number of nitrogens with zero attached hydrogens (tertiary/aromatic N) is 2. The quantitative estimate of drug-likeness (QED) is 0.139. The van der Waals surface area contributed by atoms with Crippen LogP contribution in [0.15, 0.2) is 152 Å². The van der Waals surface area contributed by atoms with E-state index in [9.17, 15) is 33.0 Å². The number of hydrogen-bond acceptors (Lipinski definition) is 7. The van der Waals surface area contributed by atoms with Crippen LogP contribution in [0.4, 0.5) is 24.5 Å². The predicted octanol–water partition coefficient (Wildman–Crippen LogP) is 9.29. The highest BCUT2D eigenvalue weighted by Gasteiger charge is 2.53. The van der Waals surface area contributed by atoms with Gasteiger partial charge < -0.3 is 34.6 Å². The molecule has 3 N–H and O–H groups in total. The molecule has 2 amide bonds. The molecule has 6 aromatic rings. The van der Waals surface area contributed by atoms with Crippen molar-refractivity contribution in [1.82, 2.24) is 0 Å². The van der Waals surface area contributed by atoms with Gasteiger partial charge in [-0.15, -0.1) is 0 Å². The van der Waals surface area contributed by atoms with Crippen molar-refractivity contribution in [2.75, 3.05) is 30.6 Å². The van der Waals surface area contributed by atoms with E-state index in [0.29, 0.717) is 45.2 Å². The van der Waals surface area contributed by atoms with Crippen LogP contribution in [0.1, 0.15) is 45.9 Å². The maximum Gasteiger partial charge on any atom is 0.416 e. The normalized spacial score (nSPS) is 20.4. The van der Waals surface area contributed by atoms with Gasteiger partial charge in [0.2, 0.25) is 0 Å². The lowest BCUT2D eigenvalue weighted by Crippen LogP contribution is -2.57. The predicted molar refractivity (Wildman–Crippen MR) is 236 cm³/mol. The number of ether oxygens (including phenoxy) is 2. The summed E-state index contributed by atoms with van der Waals surface area (Å²) in [5.41, 5.74) is -0.0477. The van der Waals surface area contributed by atoms with Crippen molar-refractivity contribution in [3.8, 4) is 0 Å². The highest BCUT2D eigenvalue weighted by atomic mass is 35.5. The van der Waals surface area contributed by atoms with E-state index in [0.717, 1.165) is 23.8 Å². The van der Waals surface area contributed by atoms with Gasteiger partial charge in [-0.1, -0.05) is 132 Å². The van der Waals surface area contributed by atoms with Crippen LogP contribution in [0.2, 0.25) is 10.0 Å². The number of carbonyl (C=O) groups excluding carboxylic acids is 2. The number of para-hydroxylation sites is 2. The third-order valence-corrected chi connectivity index (χ3v) is 11.4. The number of anilines is 2. The summed E-state index contributed by atoms with van der Waals surface area (Å²) in [6, 6.07) is 42.3. The van der Waals surface area contributed by atoms with Gasteiger partial charge in [0.15, 0.2) is 23.4 Å². The first-order valence-electron chi connectivity index (χ1n) is 19.8. The molecule has 2 heterocycles. The number of methoxy groups -OCH3 is 2. The molecule has 0 bridgehead atoms. The van der Waals surface area contributed by atoms with Crippen LogP contribution in [0.3, 0.4) is 0 Å². The maximum absolute atomic E-state index is 13.5. The first-order valence-corrected chi connectivity index (χ1v) is 20.5. The molecule has 6 aromatic carbocycles. The molecule has 4 atom stereocenters. The van der Waals surface area contributed by atoms with Gasteiger partial charge >= 0.3 is 6.18 Å². The van der Waals surface area contributed by atoms with Crippen LogP contribution in [-0.2, 0) is 49.5 Å². The molecule has 0 radical (unpaired) electrons. The lowest BCUT2D eigenvalue weighted by Gasteiger charge is -2.44. The zero-order valence-corrected chi connectivity index (χ0v) is 36.0. The molecule has 0 spiro atoms. The molecular formula is C49H45Cl2F3N2O7. The number of halogens is 5. The lowest BCUT2D eigenvalue weighted by molar-refractivity contribution is -0.146. The summed E-state index contributed by atoms with van der Waals surface area (Å²) in [5.74, 6) is -0.890. The average molecular weight is 902 g/mol. The minimum atomic E-state index is -4.55. The highest BCUT2D eigenvalue weighted by Crippen LogP contribution is 2.47. The Morgan fingerprint density at radius 1 is 0.619 bits per heavy atom. The Labute approximate surface area is 373 Å². The summed E-state index contributed by atoms with van der Waals surface area (Å²) in [7, 11) is 2.75. The van der Waals surface area contributed by atoms with Gasteiger partial charge in [0, 0.05) is 42.0 Å². The van der Waals surface area contributed by atoms with Crippen LogP contribution >= 0.6 is 23.2 Å². The maximum atomic E-state index is 13.5. The van der Waals surface area contributed by atoms with Gasteiger partial charge in [0.05, 0.1) is 30.0 Å². The van der Waals surface area contributed by atoms with E-state index in [2.05, 4.69) is 0 Å². The zero-order valence-electron chi connectivity index (χ0n) is 34.5. The van der Waals surface area contributed by atoms with Gasteiger partial charge in [-0.25, -0.2) is 0 Å². The van der Waals surface area contributed by atoms with Crippen LogP contribution in [-0.4, -0.2) is 60.2 Å². The molecular weight excluding hydrogens is 856 g/mol. The largest absolute Gasteiger partial charge is 0.416 e. The summed E-state index contributed by atoms with van der Waals surface area (Å²) in [6.07, 6.45) is -6.93. The summed E-state index contributed by atoms with van der Waals surface area (Å²) in [5, 5.41) is 31.8. The Kier molecular flexibility index (Phi) is 14.8. The van der Waals surface area contributed by atoms with E-state index in [4.69, 9.17) is 37.8 Å². The number of rotatable bonds is 8. The van der Waals surface area contributed by atoms with Crippen molar-refractivity contribution in [1.29, 1.82) is 0 Å². The van der Waals surface area contributed by atoms with Gasteiger partial charge in [-0.3, -0.25) is 9.59 Å². The molecule has 0 saturated heterocycles. The minimum absolute atomic E-state index is 0.0983. The van der Waals surface area contributed by atoms with Gasteiger partial charge in [0.25, 0.3) is 11.8 Å². The van der Waals surface area contributed by atoms with E-state index in [1.54, 1.807) is 72.5 Å². The first kappa shape index (κ1) is 46.9. The van der Waals surface area contributed by atoms with Crippen molar-refractivity contribution >= 4 is 46.4 Å². The number of alkyl halides is 3. The Morgan fingerprint density at radius 2 is 1.06 bits per heavy atom. The van der Waals surface area contributed by atoms with Gasteiger partial charge in [0.1, 0.15) is 0 Å². The van der Waals surface area contributed by atoms with Crippen molar-refractivity contribution in [2.24, 2.45) is 0 Å². The molecule has 0 aromatic heterocycles. The van der Waals surface area contributed by atoms with Crippen molar-refractivity contribution in [2.45, 2.75) is 49.6 Å². The fourth-order valence-corrected chi connectivity index (χ4v) is 8.34. The molecule has 63 heavy (non-hydrogen) atoms. The van der Waals surface area contributed by atoms with Crippen molar-refractivity contribution in [3.63, 3.8) is 0 Å². The van der Waals surface area contributed by atoms with Crippen LogP contribution < -0.4 is 9.80 Å². The summed E-state index contributed by atoms with van der Waals surface area (Å²) in [4.78, 5) is 29.8. The third-order valence-electron chi connectivity index (χ3n) is 10.8. The molecule has 8 rings (SSSR count). The Morgan fingerprint density at radius 3 is 1.51 bits per heavy atom. The Balaban J connectivity index is 0.000000199. The highest BCUT2D eigenvalue weighted by molar-refractivity contribution is 6.31. The smallest absolute Gasteiger partial charge is 0.397 e. The number of carbonyl (C=O) groups is 2. The number of amides is 2. The second kappa shape index (κ2) is 19.9. The van der Waals surface area contributed by atoms with E-state index >= 15 is 0 Å². The molecule has 4 unspecified atom stereocenters. The molecule has 2 aliphatic heterocycles. The zero-order chi connectivity index (χ0) is 45.5. The first-order chi connectivity index (χ1) is 30.1.